The lowest BCUT2D eigenvalue weighted by molar-refractivity contribution is -0.0645. The molecule has 0 unspecified atom stereocenters. The van der Waals surface area contributed by atoms with E-state index in [1.54, 1.807) is 17.4 Å². The fourth-order valence-electron chi connectivity index (χ4n) is 11.1. The highest BCUT2D eigenvalue weighted by molar-refractivity contribution is 9.10. The normalized spacial score (nSPS) is 27.1. The number of aromatic nitrogens is 4. The van der Waals surface area contributed by atoms with Crippen molar-refractivity contribution < 1.29 is 46.3 Å². The molecule has 0 bridgehead atoms. The largest absolute Gasteiger partial charge is 0.383 e. The van der Waals surface area contributed by atoms with Crippen LogP contribution in [0.25, 0.3) is 25.3 Å². The lowest BCUT2D eigenvalue weighted by Gasteiger charge is -2.34. The van der Waals surface area contributed by atoms with Gasteiger partial charge in [0.25, 0.3) is 0 Å². The van der Waals surface area contributed by atoms with E-state index in [2.05, 4.69) is 36.1 Å². The van der Waals surface area contributed by atoms with Crippen molar-refractivity contribution in [2.24, 2.45) is 0 Å². The first-order valence-electron chi connectivity index (χ1n) is 25.4. The van der Waals surface area contributed by atoms with Crippen LogP contribution < -0.4 is 0 Å². The fourth-order valence-corrected chi connectivity index (χ4v) is 13.9. The van der Waals surface area contributed by atoms with Gasteiger partial charge in [-0.3, -0.25) is 0 Å². The number of ether oxygens (including phenoxy) is 2. The molecule has 71 heavy (non-hydrogen) atoms. The molecule has 6 saturated carbocycles. The Morgan fingerprint density at radius 2 is 1.01 bits per heavy atom. The highest BCUT2D eigenvalue weighted by atomic mass is 79.9. The van der Waals surface area contributed by atoms with Crippen LogP contribution in [0.3, 0.4) is 0 Å². The van der Waals surface area contributed by atoms with E-state index in [-0.39, 0.29) is 49.7 Å². The molecule has 4 heterocycles. The van der Waals surface area contributed by atoms with Gasteiger partial charge in [-0.1, -0.05) is 32.3 Å². The van der Waals surface area contributed by atoms with Gasteiger partial charge in [-0.25, -0.2) is 32.4 Å². The van der Waals surface area contributed by atoms with Crippen molar-refractivity contribution in [3.05, 3.63) is 96.3 Å². The Bertz CT molecular complexity index is 2890. The molecule has 0 atom stereocenters. The van der Waals surface area contributed by atoms with Crippen LogP contribution in [0.2, 0.25) is 0 Å². The molecule has 6 aliphatic rings. The van der Waals surface area contributed by atoms with Crippen LogP contribution in [0.1, 0.15) is 196 Å². The Hall–Kier alpha value is -3.83. The van der Waals surface area contributed by atoms with Gasteiger partial charge in [-0.05, 0) is 133 Å². The zero-order valence-electron chi connectivity index (χ0n) is 39.5. The first-order valence-corrected chi connectivity index (χ1v) is 27.8. The second-order valence-corrected chi connectivity index (χ2v) is 24.1. The van der Waals surface area contributed by atoms with E-state index in [1.165, 1.54) is 11.3 Å². The third-order valence-corrected chi connectivity index (χ3v) is 18.8. The van der Waals surface area contributed by atoms with Gasteiger partial charge < -0.3 is 28.7 Å². The van der Waals surface area contributed by atoms with Crippen LogP contribution in [0.15, 0.2) is 49.9 Å². The summed E-state index contributed by atoms with van der Waals surface area (Å²) >= 11 is 6.51. The Morgan fingerprint density at radius 1 is 0.592 bits per heavy atom. The maximum Gasteiger partial charge on any atom is 0.248 e. The van der Waals surface area contributed by atoms with E-state index < -0.39 is 23.0 Å². The van der Waals surface area contributed by atoms with Gasteiger partial charge in [-0.2, -0.15) is 0 Å². The van der Waals surface area contributed by atoms with E-state index in [9.17, 15) is 27.8 Å². The molecule has 6 fully saturated rings. The van der Waals surface area contributed by atoms with Gasteiger partial charge in [0.1, 0.15) is 32.7 Å². The average molecular weight is 1080 g/mol. The highest BCUT2D eigenvalue weighted by Gasteiger charge is 2.44. The van der Waals surface area contributed by atoms with Gasteiger partial charge in [0.15, 0.2) is 5.69 Å². The highest BCUT2D eigenvalue weighted by Crippen LogP contribution is 2.50. The summed E-state index contributed by atoms with van der Waals surface area (Å²) in [4.78, 5) is 12.8. The van der Waals surface area contributed by atoms with Crippen LogP contribution >= 0.6 is 38.6 Å². The third kappa shape index (κ3) is 10.9. The van der Waals surface area contributed by atoms with E-state index in [1.807, 2.05) is 30.3 Å². The number of benzene rings is 2. The summed E-state index contributed by atoms with van der Waals surface area (Å²) in [6.07, 6.45) is 10.9. The zero-order chi connectivity index (χ0) is 49.1. The minimum atomic E-state index is -2.57. The number of alkyl halides is 4. The molecule has 0 radical (unpaired) electrons. The number of hydrogen-bond acceptors (Lipinski definition) is 12. The quantitative estimate of drug-likeness (QED) is 0.0899. The Balaban J connectivity index is 0.000000154. The lowest BCUT2D eigenvalue weighted by atomic mass is 9.83. The molecule has 2 N–H and O–H groups in total. The van der Waals surface area contributed by atoms with Gasteiger partial charge in [-0.15, -0.1) is 22.7 Å². The van der Waals surface area contributed by atoms with Crippen LogP contribution in [0.4, 0.5) is 23.2 Å². The number of rotatable bonds is 12. The molecule has 4 aromatic heterocycles. The molecule has 11 nitrogen and oxygen atoms in total. The lowest BCUT2D eigenvalue weighted by Crippen LogP contribution is -2.34. The van der Waals surface area contributed by atoms with Crippen molar-refractivity contribution in [2.75, 3.05) is 0 Å². The number of thiazole rings is 2. The van der Waals surface area contributed by atoms with Crippen molar-refractivity contribution in [3.8, 4) is 0 Å². The van der Waals surface area contributed by atoms with Crippen molar-refractivity contribution in [1.29, 1.82) is 0 Å². The molecule has 18 heteroatoms. The molecule has 0 aliphatic heterocycles. The number of fused-ring (bicyclic) bond motifs is 2. The van der Waals surface area contributed by atoms with Crippen LogP contribution in [0, 0.1) is 6.57 Å². The Morgan fingerprint density at radius 3 is 1.44 bits per heavy atom. The first kappa shape index (κ1) is 49.4. The molecule has 6 aliphatic carbocycles. The summed E-state index contributed by atoms with van der Waals surface area (Å²) in [6, 6.07) is 11.4. The standard InChI is InChI=1S/C27H29F2N3O3S.C26H29BrF2N2O3S/c1-30-18-4-5-21-22(14-18)36-25(31-21)26(33)10-8-19(9-11-26)34-15-20-23(32-35-24(20)17-2-3-17)16-6-12-27(28,29)13-7-16;27-17-3-4-20-21(13-17)35-24(30-20)25(32)9-7-18(8-10-25)33-14-19-22(31-34-23(19)16-1-2-16)15-5-11-26(28,29)12-6-15/h4-5,14,16-17,19,33H,2-3,6-13,15H2;3-4,13,15-16,18,32H,1-2,5-12,14H2. The number of halogens is 5. The van der Waals surface area contributed by atoms with Crippen molar-refractivity contribution in [1.82, 2.24) is 20.3 Å². The van der Waals surface area contributed by atoms with Crippen LogP contribution in [-0.2, 0) is 33.9 Å². The summed E-state index contributed by atoms with van der Waals surface area (Å²) in [5.74, 6) is -2.59. The first-order chi connectivity index (χ1) is 34.1. The van der Waals surface area contributed by atoms with Gasteiger partial charge in [0.2, 0.25) is 11.8 Å². The molecule has 6 aromatic rings. The monoisotopic (exact) mass is 1080 g/mol. The molecule has 0 amide bonds. The maximum atomic E-state index is 13.7. The third-order valence-electron chi connectivity index (χ3n) is 15.9. The molecular weight excluding hydrogens is 1020 g/mol. The molecule has 0 saturated heterocycles. The van der Waals surface area contributed by atoms with E-state index in [0.717, 1.165) is 102 Å². The van der Waals surface area contributed by atoms with E-state index in [4.69, 9.17) is 30.1 Å². The summed E-state index contributed by atoms with van der Waals surface area (Å²) in [6.45, 7) is 7.98. The number of aliphatic hydroxyl groups is 2. The molecule has 0 spiro atoms. The van der Waals surface area contributed by atoms with Crippen molar-refractivity contribution in [3.63, 3.8) is 0 Å². The molecular formula is C53H58BrF4N5O6S2. The smallest absolute Gasteiger partial charge is 0.248 e. The number of nitrogens with zero attached hydrogens (tertiary/aromatic N) is 5. The van der Waals surface area contributed by atoms with E-state index >= 15 is 0 Å². The Labute approximate surface area is 426 Å². The number of hydrogen-bond donors (Lipinski definition) is 2. The predicted octanol–water partition coefficient (Wildman–Crippen LogP) is 14.9. The van der Waals surface area contributed by atoms with Crippen LogP contribution in [0.5, 0.6) is 0 Å². The molecule has 378 valence electrons. The second kappa shape index (κ2) is 19.8. The summed E-state index contributed by atoms with van der Waals surface area (Å²) in [5, 5.41) is 32.9. The zero-order valence-corrected chi connectivity index (χ0v) is 42.7. The van der Waals surface area contributed by atoms with Gasteiger partial charge in [0.05, 0.1) is 59.1 Å². The minimum Gasteiger partial charge on any atom is -0.383 e. The average Bonchev–Trinajstić information content (AvgIpc) is 4.19. The van der Waals surface area contributed by atoms with E-state index in [0.29, 0.717) is 100.0 Å². The minimum absolute atomic E-state index is 0.00105. The van der Waals surface area contributed by atoms with Crippen LogP contribution in [-0.4, -0.2) is 54.5 Å². The predicted molar refractivity (Wildman–Crippen MR) is 264 cm³/mol. The maximum absolute atomic E-state index is 13.7. The second-order valence-electron chi connectivity index (χ2n) is 21.1. The summed E-state index contributed by atoms with van der Waals surface area (Å²) in [7, 11) is 0. The van der Waals surface area contributed by atoms with Gasteiger partial charge >= 0.3 is 0 Å². The fraction of sp³-hybridized carbons (Fsp3) is 0.604. The molecule has 2 aromatic carbocycles. The topological polar surface area (TPSA) is 141 Å². The Kier molecular flexibility index (Phi) is 13.8. The molecule has 12 rings (SSSR count). The van der Waals surface area contributed by atoms with Crippen molar-refractivity contribution >= 4 is 64.7 Å². The van der Waals surface area contributed by atoms with Crippen molar-refractivity contribution in [2.45, 2.75) is 201 Å². The SMILES string of the molecule is OC1(c2nc3ccc(Br)cc3s2)CCC(OCc2c(C3CCC(F)(F)CC3)noc2C2CC2)CC1.[C-]#[N+]c1ccc2nc(C3(O)CCC(OCc4c(C5CCC(F)(F)CC5)noc4C4CC4)CC3)sc2c1. The summed E-state index contributed by atoms with van der Waals surface area (Å²) in [5.41, 5.74) is 3.97. The van der Waals surface area contributed by atoms with Gasteiger partial charge in [0, 0.05) is 69.7 Å². The summed E-state index contributed by atoms with van der Waals surface area (Å²) < 4.78 is 81.9.